The molecule has 0 bridgehead atoms. The van der Waals surface area contributed by atoms with E-state index in [1.54, 1.807) is 26.0 Å². The van der Waals surface area contributed by atoms with Crippen molar-refractivity contribution in [1.29, 1.82) is 0 Å². The molecule has 2 rings (SSSR count). The first-order valence-corrected chi connectivity index (χ1v) is 9.68. The van der Waals surface area contributed by atoms with Crippen molar-refractivity contribution in [2.45, 2.75) is 70.5 Å². The Balaban J connectivity index is 2.13. The number of quaternary nitrogens is 1. The second kappa shape index (κ2) is 8.16. The van der Waals surface area contributed by atoms with Crippen molar-refractivity contribution in [3.8, 4) is 0 Å². The van der Waals surface area contributed by atoms with Crippen molar-refractivity contribution in [3.05, 3.63) is 28.5 Å². The van der Waals surface area contributed by atoms with E-state index >= 15 is 0 Å². The number of hydrogen-bond acceptors (Lipinski definition) is 8. The average molecular weight is 413 g/mol. The molecule has 2 aliphatic rings. The average Bonchev–Trinajstić information content (AvgIpc) is 3.12. The van der Waals surface area contributed by atoms with Crippen LogP contribution in [0.1, 0.15) is 41.0 Å². The highest BCUT2D eigenvalue weighted by Gasteiger charge is 2.55. The van der Waals surface area contributed by atoms with Crippen molar-refractivity contribution in [1.82, 2.24) is 0 Å². The Morgan fingerprint density at radius 3 is 2.55 bits per heavy atom. The molecule has 9 heteroatoms. The minimum atomic E-state index is -2.54. The maximum Gasteiger partial charge on any atom is 0.344 e. The summed E-state index contributed by atoms with van der Waals surface area (Å²) in [6, 6.07) is -0.696. The van der Waals surface area contributed by atoms with Gasteiger partial charge >= 0.3 is 11.9 Å². The van der Waals surface area contributed by atoms with Crippen molar-refractivity contribution in [3.63, 3.8) is 0 Å². The summed E-state index contributed by atoms with van der Waals surface area (Å²) in [5.74, 6) is -1.70. The molecule has 29 heavy (non-hydrogen) atoms. The maximum atomic E-state index is 13.0. The zero-order valence-electron chi connectivity index (χ0n) is 17.5. The summed E-state index contributed by atoms with van der Waals surface area (Å²) in [5, 5.41) is 43.5. The van der Waals surface area contributed by atoms with E-state index in [2.05, 4.69) is 0 Å². The minimum Gasteiger partial charge on any atom is -0.632 e. The van der Waals surface area contributed by atoms with Crippen molar-refractivity contribution >= 4 is 11.9 Å². The highest BCUT2D eigenvalue weighted by atomic mass is 16.6. The van der Waals surface area contributed by atoms with Crippen LogP contribution in [0.4, 0.5) is 0 Å². The molecule has 2 heterocycles. The first kappa shape index (κ1) is 23.5. The van der Waals surface area contributed by atoms with Gasteiger partial charge in [-0.05, 0) is 40.7 Å². The molecule has 0 spiro atoms. The normalized spacial score (nSPS) is 30.2. The van der Waals surface area contributed by atoms with Crippen LogP contribution >= 0.6 is 0 Å². The largest absolute Gasteiger partial charge is 0.632 e. The molecule has 9 nitrogen and oxygen atoms in total. The van der Waals surface area contributed by atoms with Gasteiger partial charge in [-0.3, -0.25) is 0 Å². The number of ether oxygens (including phenoxy) is 2. The first-order chi connectivity index (χ1) is 13.3. The first-order valence-electron chi connectivity index (χ1n) is 9.68. The summed E-state index contributed by atoms with van der Waals surface area (Å²) in [4.78, 5) is 24.6. The number of aliphatic hydroxyl groups excluding tert-OH is 1. The zero-order valence-corrected chi connectivity index (χ0v) is 17.5. The molecule has 0 aliphatic carbocycles. The maximum absolute atomic E-state index is 13.0. The van der Waals surface area contributed by atoms with Gasteiger partial charge in [0, 0.05) is 17.6 Å². The van der Waals surface area contributed by atoms with E-state index in [0.29, 0.717) is 17.6 Å². The van der Waals surface area contributed by atoms with Crippen LogP contribution in [0.25, 0.3) is 0 Å². The molecule has 1 fully saturated rings. The van der Waals surface area contributed by atoms with E-state index in [4.69, 9.17) is 9.47 Å². The van der Waals surface area contributed by atoms with Crippen LogP contribution in [0.5, 0.6) is 0 Å². The van der Waals surface area contributed by atoms with Gasteiger partial charge in [-0.25, -0.2) is 9.59 Å². The molecule has 3 N–H and O–H groups in total. The van der Waals surface area contributed by atoms with Crippen LogP contribution in [0.15, 0.2) is 23.3 Å². The number of nitrogens with zero attached hydrogens (tertiary/aromatic N) is 1. The highest BCUT2D eigenvalue weighted by Crippen LogP contribution is 2.38. The third-order valence-electron chi connectivity index (χ3n) is 5.93. The summed E-state index contributed by atoms with van der Waals surface area (Å²) in [6.45, 7) is 7.00. The smallest absolute Gasteiger partial charge is 0.344 e. The van der Waals surface area contributed by atoms with Gasteiger partial charge in [-0.2, -0.15) is 0 Å². The van der Waals surface area contributed by atoms with Gasteiger partial charge in [0.15, 0.2) is 12.1 Å². The lowest BCUT2D eigenvalue weighted by Gasteiger charge is -2.41. The van der Waals surface area contributed by atoms with Gasteiger partial charge in [0.1, 0.15) is 12.2 Å². The fourth-order valence-electron chi connectivity index (χ4n) is 3.89. The number of hydroxylamine groups is 3. The molecule has 0 amide bonds. The topological polar surface area (TPSA) is 136 Å². The van der Waals surface area contributed by atoms with Crippen LogP contribution in [-0.2, 0) is 19.1 Å². The number of hydrogen-bond donors (Lipinski definition) is 3. The zero-order chi connectivity index (χ0) is 22.2. The second-order valence-electron chi connectivity index (χ2n) is 8.36. The fourth-order valence-corrected chi connectivity index (χ4v) is 3.89. The number of allylic oxidation sites excluding steroid dienone is 1. The summed E-state index contributed by atoms with van der Waals surface area (Å²) in [7, 11) is 0. The van der Waals surface area contributed by atoms with Gasteiger partial charge in [-0.1, -0.05) is 6.08 Å². The Morgan fingerprint density at radius 1 is 1.41 bits per heavy atom. The third-order valence-corrected chi connectivity index (χ3v) is 5.93. The van der Waals surface area contributed by atoms with Crippen LogP contribution < -0.4 is 0 Å². The molecule has 3 unspecified atom stereocenters. The van der Waals surface area contributed by atoms with E-state index < -0.39 is 46.0 Å². The molecule has 0 aromatic heterocycles. The van der Waals surface area contributed by atoms with E-state index in [-0.39, 0.29) is 19.7 Å². The van der Waals surface area contributed by atoms with Gasteiger partial charge in [-0.15, -0.1) is 0 Å². The highest BCUT2D eigenvalue weighted by molar-refractivity contribution is 5.87. The van der Waals surface area contributed by atoms with Gasteiger partial charge in [0.25, 0.3) is 0 Å². The van der Waals surface area contributed by atoms with E-state index in [9.17, 15) is 30.1 Å². The Kier molecular flexibility index (Phi) is 6.61. The fraction of sp³-hybridized carbons (Fsp3) is 0.700. The van der Waals surface area contributed by atoms with Crippen LogP contribution in [0.3, 0.4) is 0 Å². The molecule has 0 radical (unpaired) electrons. The number of carbonyl (C=O) groups excluding carboxylic acids is 2. The van der Waals surface area contributed by atoms with Gasteiger partial charge in [0.05, 0.1) is 19.2 Å². The summed E-state index contributed by atoms with van der Waals surface area (Å²) < 4.78 is 10.1. The molecule has 1 saturated heterocycles. The summed E-state index contributed by atoms with van der Waals surface area (Å²) in [5.41, 5.74) is -3.58. The second-order valence-corrected chi connectivity index (χ2v) is 8.36. The lowest BCUT2D eigenvalue weighted by atomic mass is 9.81. The summed E-state index contributed by atoms with van der Waals surface area (Å²) >= 11 is 0. The lowest BCUT2D eigenvalue weighted by molar-refractivity contribution is -0.877. The number of esters is 2. The standard InChI is InChI=1S/C20H31NO8/c1-6-12(2)17(23)29-15-8-10-21(27)9-7-14(16(15)21)11-28-18(24)20(26,13(3)22)19(4,5)25/h6-7,13,15-16,22,25-26H,8-11H2,1-5H3/b12-6-/t13?,15-,16-,20?,21?/m1/s1. The predicted octanol–water partition coefficient (Wildman–Crippen LogP) is 0.317. The predicted molar refractivity (Wildman–Crippen MR) is 103 cm³/mol. The number of fused-ring (bicyclic) bond motifs is 1. The lowest BCUT2D eigenvalue weighted by Crippen LogP contribution is -2.63. The monoisotopic (exact) mass is 413 g/mol. The number of carbonyl (C=O) groups is 2. The Labute approximate surface area is 170 Å². The molecule has 0 aromatic rings. The Bertz CT molecular complexity index is 722. The minimum absolute atomic E-state index is 0.167. The summed E-state index contributed by atoms with van der Waals surface area (Å²) in [6.07, 6.45) is 1.43. The van der Waals surface area contributed by atoms with Crippen molar-refractivity contribution in [2.24, 2.45) is 0 Å². The quantitative estimate of drug-likeness (QED) is 0.178. The van der Waals surface area contributed by atoms with Gasteiger partial charge in [0.2, 0.25) is 5.60 Å². The number of rotatable bonds is 7. The number of aliphatic hydroxyl groups is 3. The molecular weight excluding hydrogens is 382 g/mol. The van der Waals surface area contributed by atoms with E-state index in [1.165, 1.54) is 20.8 Å². The molecule has 0 saturated carbocycles. The third kappa shape index (κ3) is 4.24. The molecule has 164 valence electrons. The van der Waals surface area contributed by atoms with Crippen LogP contribution in [-0.4, -0.2) is 81.1 Å². The molecule has 5 atom stereocenters. The van der Waals surface area contributed by atoms with Crippen molar-refractivity contribution < 1.29 is 39.0 Å². The van der Waals surface area contributed by atoms with Crippen molar-refractivity contribution in [2.75, 3.05) is 19.7 Å². The van der Waals surface area contributed by atoms with Crippen LogP contribution in [0, 0.1) is 5.21 Å². The van der Waals surface area contributed by atoms with E-state index in [0.717, 1.165) is 0 Å². The van der Waals surface area contributed by atoms with Gasteiger partial charge < -0.3 is 34.6 Å². The molecular formula is C20H31NO8. The van der Waals surface area contributed by atoms with Crippen LogP contribution in [0.2, 0.25) is 0 Å². The Hall–Kier alpha value is -1.78. The van der Waals surface area contributed by atoms with E-state index in [1.807, 2.05) is 0 Å². The SMILES string of the molecule is C/C=C(/C)C(=O)O[C@@H]1CC[N+]2([O-])CC=C(COC(=O)C(O)(C(C)O)C(C)(C)O)[C@H]12. The Morgan fingerprint density at radius 2 is 2.03 bits per heavy atom. The molecule has 2 aliphatic heterocycles. The molecule has 0 aromatic carbocycles.